The van der Waals surface area contributed by atoms with Crippen LogP contribution in [0.5, 0.6) is 0 Å². The number of carbonyl (C=O) groups excluding carboxylic acids is 1. The van der Waals surface area contributed by atoms with Crippen molar-refractivity contribution in [2.75, 3.05) is 18.8 Å². The molecule has 0 unspecified atom stereocenters. The van der Waals surface area contributed by atoms with Gasteiger partial charge in [-0.05, 0) is 18.9 Å². The van der Waals surface area contributed by atoms with E-state index in [1.54, 1.807) is 12.3 Å². The summed E-state index contributed by atoms with van der Waals surface area (Å²) < 4.78 is 0. The average Bonchev–Trinajstić information content (AvgIpc) is 2.28. The molecule has 5 heteroatoms. The molecule has 0 aliphatic carbocycles. The Hall–Kier alpha value is -1.65. The summed E-state index contributed by atoms with van der Waals surface area (Å²) in [4.78, 5) is 21.7. The molecule has 0 saturated carbocycles. The first-order valence-corrected chi connectivity index (χ1v) is 5.61. The molecule has 2 heterocycles. The highest BCUT2D eigenvalue weighted by molar-refractivity contribution is 5.76. The quantitative estimate of drug-likeness (QED) is 0.810. The van der Waals surface area contributed by atoms with Crippen molar-refractivity contribution in [2.24, 2.45) is 0 Å². The van der Waals surface area contributed by atoms with Gasteiger partial charge in [0.05, 0.1) is 0 Å². The fraction of sp³-hybridized carbons (Fsp3) is 0.545. The molecule has 1 aliphatic heterocycles. The third-order valence-electron chi connectivity index (χ3n) is 2.75. The van der Waals surface area contributed by atoms with E-state index < -0.39 is 0 Å². The molecule has 1 aromatic heterocycles. The summed E-state index contributed by atoms with van der Waals surface area (Å²) in [5.41, 5.74) is 5.56. The first kappa shape index (κ1) is 10.9. The number of nitrogens with two attached hydrogens (primary N) is 1. The Balaban J connectivity index is 1.89. The Bertz CT molecular complexity index is 380. The van der Waals surface area contributed by atoms with Crippen molar-refractivity contribution in [3.8, 4) is 0 Å². The van der Waals surface area contributed by atoms with Crippen molar-refractivity contribution in [1.29, 1.82) is 0 Å². The number of amides is 1. The maximum absolute atomic E-state index is 11.5. The second-order valence-electron chi connectivity index (χ2n) is 3.99. The van der Waals surface area contributed by atoms with Crippen LogP contribution in [0.15, 0.2) is 12.3 Å². The highest BCUT2D eigenvalue weighted by atomic mass is 16.2. The number of likely N-dealkylation sites (tertiary alicyclic amines) is 1. The van der Waals surface area contributed by atoms with Gasteiger partial charge in [-0.25, -0.2) is 9.97 Å². The molecule has 1 aliphatic rings. The number of nitrogen functional groups attached to an aromatic ring is 1. The Labute approximate surface area is 94.7 Å². The SMILES string of the molecule is Nc1ccnc(CCN2CCCCC2=O)n1. The molecule has 0 aromatic carbocycles. The maximum atomic E-state index is 11.5. The van der Waals surface area contributed by atoms with E-state index in [9.17, 15) is 4.79 Å². The lowest BCUT2D eigenvalue weighted by molar-refractivity contribution is -0.133. The monoisotopic (exact) mass is 220 g/mol. The van der Waals surface area contributed by atoms with Crippen LogP contribution >= 0.6 is 0 Å². The minimum absolute atomic E-state index is 0.246. The molecule has 1 saturated heterocycles. The normalized spacial score (nSPS) is 16.5. The number of aromatic nitrogens is 2. The van der Waals surface area contributed by atoms with E-state index >= 15 is 0 Å². The third kappa shape index (κ3) is 2.68. The van der Waals surface area contributed by atoms with Crippen LogP contribution in [0.3, 0.4) is 0 Å². The standard InChI is InChI=1S/C11H16N4O/c12-9-4-6-13-10(14-9)5-8-15-7-2-1-3-11(15)16/h4,6H,1-3,5,7-8H2,(H2,12,13,14). The second kappa shape index (κ2) is 4.92. The van der Waals surface area contributed by atoms with Crippen LogP contribution < -0.4 is 5.73 Å². The van der Waals surface area contributed by atoms with Gasteiger partial charge < -0.3 is 10.6 Å². The molecule has 1 amide bonds. The van der Waals surface area contributed by atoms with Gasteiger partial charge in [0, 0.05) is 32.1 Å². The molecule has 0 atom stereocenters. The predicted molar refractivity (Wildman–Crippen MR) is 60.6 cm³/mol. The highest BCUT2D eigenvalue weighted by Crippen LogP contribution is 2.10. The molecule has 1 fully saturated rings. The van der Waals surface area contributed by atoms with Crippen molar-refractivity contribution in [1.82, 2.24) is 14.9 Å². The smallest absolute Gasteiger partial charge is 0.222 e. The lowest BCUT2D eigenvalue weighted by atomic mass is 10.1. The van der Waals surface area contributed by atoms with Crippen molar-refractivity contribution < 1.29 is 4.79 Å². The summed E-state index contributed by atoms with van der Waals surface area (Å²) in [6, 6.07) is 1.66. The molecule has 5 nitrogen and oxygen atoms in total. The molecular formula is C11H16N4O. The fourth-order valence-electron chi connectivity index (χ4n) is 1.87. The van der Waals surface area contributed by atoms with Gasteiger partial charge in [-0.3, -0.25) is 4.79 Å². The maximum Gasteiger partial charge on any atom is 0.222 e. The summed E-state index contributed by atoms with van der Waals surface area (Å²) >= 11 is 0. The Morgan fingerprint density at radius 2 is 2.31 bits per heavy atom. The van der Waals surface area contributed by atoms with E-state index in [-0.39, 0.29) is 5.91 Å². The number of anilines is 1. The average molecular weight is 220 g/mol. The van der Waals surface area contributed by atoms with Crippen LogP contribution in [0.25, 0.3) is 0 Å². The number of carbonyl (C=O) groups is 1. The summed E-state index contributed by atoms with van der Waals surface area (Å²) in [5, 5.41) is 0. The lowest BCUT2D eigenvalue weighted by Crippen LogP contribution is -2.36. The minimum Gasteiger partial charge on any atom is -0.384 e. The van der Waals surface area contributed by atoms with Gasteiger partial charge in [-0.2, -0.15) is 0 Å². The van der Waals surface area contributed by atoms with Crippen LogP contribution in [0.2, 0.25) is 0 Å². The number of hydrogen-bond acceptors (Lipinski definition) is 4. The van der Waals surface area contributed by atoms with E-state index in [4.69, 9.17) is 5.73 Å². The first-order valence-electron chi connectivity index (χ1n) is 5.61. The molecular weight excluding hydrogens is 204 g/mol. The van der Waals surface area contributed by atoms with Crippen molar-refractivity contribution in [3.05, 3.63) is 18.1 Å². The zero-order valence-corrected chi connectivity index (χ0v) is 9.22. The van der Waals surface area contributed by atoms with E-state index in [0.29, 0.717) is 31.0 Å². The molecule has 2 rings (SSSR count). The molecule has 1 aromatic rings. The van der Waals surface area contributed by atoms with Gasteiger partial charge in [0.1, 0.15) is 11.6 Å². The van der Waals surface area contributed by atoms with Crippen LogP contribution in [0, 0.1) is 0 Å². The Kier molecular flexibility index (Phi) is 3.34. The predicted octanol–water partition coefficient (Wildman–Crippen LogP) is 0.614. The van der Waals surface area contributed by atoms with Gasteiger partial charge in [0.2, 0.25) is 5.91 Å². The summed E-state index contributed by atoms with van der Waals surface area (Å²) in [7, 11) is 0. The van der Waals surface area contributed by atoms with Crippen molar-refractivity contribution >= 4 is 11.7 Å². The first-order chi connectivity index (χ1) is 7.75. The van der Waals surface area contributed by atoms with Crippen LogP contribution in [0.4, 0.5) is 5.82 Å². The minimum atomic E-state index is 0.246. The third-order valence-corrected chi connectivity index (χ3v) is 2.75. The molecule has 0 radical (unpaired) electrons. The molecule has 16 heavy (non-hydrogen) atoms. The zero-order chi connectivity index (χ0) is 11.4. The lowest BCUT2D eigenvalue weighted by Gasteiger charge is -2.26. The largest absolute Gasteiger partial charge is 0.384 e. The summed E-state index contributed by atoms with van der Waals surface area (Å²) in [5.74, 6) is 1.43. The molecule has 2 N–H and O–H groups in total. The van der Waals surface area contributed by atoms with Gasteiger partial charge in [0.15, 0.2) is 0 Å². The Morgan fingerprint density at radius 1 is 1.44 bits per heavy atom. The van der Waals surface area contributed by atoms with Crippen molar-refractivity contribution in [3.63, 3.8) is 0 Å². The summed E-state index contributed by atoms with van der Waals surface area (Å²) in [6.45, 7) is 1.56. The van der Waals surface area contributed by atoms with E-state index in [1.807, 2.05) is 4.90 Å². The summed E-state index contributed by atoms with van der Waals surface area (Å²) in [6.07, 6.45) is 5.12. The van der Waals surface area contributed by atoms with Crippen molar-refractivity contribution in [2.45, 2.75) is 25.7 Å². The van der Waals surface area contributed by atoms with Crippen LogP contribution in [-0.2, 0) is 11.2 Å². The van der Waals surface area contributed by atoms with Gasteiger partial charge in [0.25, 0.3) is 0 Å². The highest BCUT2D eigenvalue weighted by Gasteiger charge is 2.17. The fourth-order valence-corrected chi connectivity index (χ4v) is 1.87. The van der Waals surface area contributed by atoms with E-state index in [0.717, 1.165) is 19.4 Å². The van der Waals surface area contributed by atoms with Crippen LogP contribution in [-0.4, -0.2) is 33.9 Å². The topological polar surface area (TPSA) is 72.1 Å². The van der Waals surface area contributed by atoms with Gasteiger partial charge in [-0.15, -0.1) is 0 Å². The molecule has 86 valence electrons. The number of piperidine rings is 1. The molecule has 0 spiro atoms. The number of nitrogens with zero attached hydrogens (tertiary/aromatic N) is 3. The molecule has 0 bridgehead atoms. The van der Waals surface area contributed by atoms with Gasteiger partial charge >= 0.3 is 0 Å². The number of hydrogen-bond donors (Lipinski definition) is 1. The second-order valence-corrected chi connectivity index (χ2v) is 3.99. The zero-order valence-electron chi connectivity index (χ0n) is 9.22. The Morgan fingerprint density at radius 3 is 3.06 bits per heavy atom. The number of rotatable bonds is 3. The van der Waals surface area contributed by atoms with E-state index in [2.05, 4.69) is 9.97 Å². The van der Waals surface area contributed by atoms with Crippen LogP contribution in [0.1, 0.15) is 25.1 Å². The van der Waals surface area contributed by atoms with Gasteiger partial charge in [-0.1, -0.05) is 0 Å². The van der Waals surface area contributed by atoms with E-state index in [1.165, 1.54) is 0 Å².